The number of fused-ring (bicyclic) bond motifs is 1. The second-order valence-corrected chi connectivity index (χ2v) is 9.90. The van der Waals surface area contributed by atoms with Crippen LogP contribution in [0.3, 0.4) is 0 Å². The Hall–Kier alpha value is -2.29. The summed E-state index contributed by atoms with van der Waals surface area (Å²) in [6.45, 7) is 4.14. The van der Waals surface area contributed by atoms with Crippen molar-refractivity contribution in [3.05, 3.63) is 59.4 Å². The van der Waals surface area contributed by atoms with E-state index in [9.17, 15) is 17.6 Å². The molecule has 1 heterocycles. The first-order valence-corrected chi connectivity index (χ1v) is 11.4. The van der Waals surface area contributed by atoms with E-state index in [1.165, 1.54) is 23.4 Å². The molecule has 1 amide bonds. The molecule has 1 atom stereocenters. The molecule has 0 N–H and O–H groups in total. The standard InChI is InChI=1S/C22H28FN3O3S/c1-16-13-19-14-20(9-10-22(19)26(16)17(2)27)30(28,29)25(12-11-24(3)4)15-18-7-5-6-8-21(18)23/h5-10,14,16H,11-13,15H2,1-4H3. The van der Waals surface area contributed by atoms with Crippen LogP contribution in [-0.2, 0) is 27.8 Å². The van der Waals surface area contributed by atoms with Crippen LogP contribution < -0.4 is 4.90 Å². The number of carbonyl (C=O) groups is 1. The van der Waals surface area contributed by atoms with E-state index < -0.39 is 15.8 Å². The lowest BCUT2D eigenvalue weighted by Crippen LogP contribution is -2.36. The minimum absolute atomic E-state index is 0.0151. The summed E-state index contributed by atoms with van der Waals surface area (Å²) in [5, 5.41) is 0. The number of sulfonamides is 1. The maximum atomic E-state index is 14.2. The zero-order chi connectivity index (χ0) is 22.1. The van der Waals surface area contributed by atoms with Gasteiger partial charge in [0, 0.05) is 43.9 Å². The molecule has 0 radical (unpaired) electrons. The molecule has 1 aliphatic rings. The van der Waals surface area contributed by atoms with Crippen LogP contribution in [0.5, 0.6) is 0 Å². The highest BCUT2D eigenvalue weighted by molar-refractivity contribution is 7.89. The van der Waals surface area contributed by atoms with Gasteiger partial charge >= 0.3 is 0 Å². The summed E-state index contributed by atoms with van der Waals surface area (Å²) >= 11 is 0. The number of hydrogen-bond acceptors (Lipinski definition) is 4. The molecule has 8 heteroatoms. The van der Waals surface area contributed by atoms with Crippen LogP contribution >= 0.6 is 0 Å². The van der Waals surface area contributed by atoms with Crippen LogP contribution in [0, 0.1) is 5.82 Å². The first-order chi connectivity index (χ1) is 14.1. The van der Waals surface area contributed by atoms with Crippen LogP contribution in [0.15, 0.2) is 47.4 Å². The molecule has 162 valence electrons. The van der Waals surface area contributed by atoms with Crippen molar-refractivity contribution in [2.45, 2.75) is 37.8 Å². The Balaban J connectivity index is 1.96. The lowest BCUT2D eigenvalue weighted by atomic mass is 10.1. The average molecular weight is 434 g/mol. The Kier molecular flexibility index (Phi) is 6.59. The van der Waals surface area contributed by atoms with E-state index in [1.807, 2.05) is 25.9 Å². The van der Waals surface area contributed by atoms with Crippen molar-refractivity contribution in [3.8, 4) is 0 Å². The second-order valence-electron chi connectivity index (χ2n) is 7.97. The quantitative estimate of drug-likeness (QED) is 0.674. The van der Waals surface area contributed by atoms with E-state index in [1.54, 1.807) is 35.2 Å². The maximum absolute atomic E-state index is 14.2. The van der Waals surface area contributed by atoms with Crippen LogP contribution in [0.2, 0.25) is 0 Å². The lowest BCUT2D eigenvalue weighted by Gasteiger charge is -2.25. The predicted molar refractivity (Wildman–Crippen MR) is 115 cm³/mol. The minimum atomic E-state index is -3.85. The summed E-state index contributed by atoms with van der Waals surface area (Å²) in [6.07, 6.45) is 0.600. The van der Waals surface area contributed by atoms with Gasteiger partial charge in [-0.2, -0.15) is 4.31 Å². The molecule has 2 aromatic rings. The van der Waals surface area contributed by atoms with Gasteiger partial charge in [0.1, 0.15) is 5.82 Å². The Morgan fingerprint density at radius 2 is 1.87 bits per heavy atom. The van der Waals surface area contributed by atoms with Crippen LogP contribution in [-0.4, -0.2) is 56.8 Å². The van der Waals surface area contributed by atoms with Gasteiger partial charge in [0.15, 0.2) is 0 Å². The highest BCUT2D eigenvalue weighted by Crippen LogP contribution is 2.34. The molecule has 3 rings (SSSR count). The van der Waals surface area contributed by atoms with Gasteiger partial charge in [0.05, 0.1) is 4.90 Å². The summed E-state index contributed by atoms with van der Waals surface area (Å²) in [4.78, 5) is 15.7. The third kappa shape index (κ3) is 4.55. The molecule has 0 saturated heterocycles. The molecule has 0 aliphatic carbocycles. The lowest BCUT2D eigenvalue weighted by molar-refractivity contribution is -0.116. The van der Waals surface area contributed by atoms with Crippen molar-refractivity contribution in [2.75, 3.05) is 32.1 Å². The molecule has 30 heavy (non-hydrogen) atoms. The Morgan fingerprint density at radius 3 is 2.50 bits per heavy atom. The summed E-state index contributed by atoms with van der Waals surface area (Å²) < 4.78 is 42.4. The molecule has 1 aliphatic heterocycles. The van der Waals surface area contributed by atoms with Crippen LogP contribution in [0.25, 0.3) is 0 Å². The molecular weight excluding hydrogens is 405 g/mol. The van der Waals surface area contributed by atoms with Crippen molar-refractivity contribution < 1.29 is 17.6 Å². The number of halogens is 1. The zero-order valence-corrected chi connectivity index (χ0v) is 18.6. The van der Waals surface area contributed by atoms with Crippen molar-refractivity contribution in [1.82, 2.24) is 9.21 Å². The molecule has 0 aromatic heterocycles. The van der Waals surface area contributed by atoms with Crippen molar-refractivity contribution in [2.24, 2.45) is 0 Å². The first kappa shape index (κ1) is 22.4. The molecule has 0 saturated carbocycles. The summed E-state index contributed by atoms with van der Waals surface area (Å²) in [6, 6.07) is 11.1. The second kappa shape index (κ2) is 8.83. The fourth-order valence-corrected chi connectivity index (χ4v) is 5.27. The van der Waals surface area contributed by atoms with Crippen molar-refractivity contribution in [3.63, 3.8) is 0 Å². The monoisotopic (exact) mass is 433 g/mol. The summed E-state index contributed by atoms with van der Waals surface area (Å²) in [7, 11) is -0.128. The van der Waals surface area contributed by atoms with Gasteiger partial charge in [-0.15, -0.1) is 0 Å². The number of hydrogen-bond donors (Lipinski definition) is 0. The normalized spacial score (nSPS) is 16.4. The van der Waals surface area contributed by atoms with Gasteiger partial charge in [0.2, 0.25) is 15.9 Å². The number of anilines is 1. The highest BCUT2D eigenvalue weighted by Gasteiger charge is 2.32. The number of rotatable bonds is 7. The average Bonchev–Trinajstić information content (AvgIpc) is 3.01. The molecule has 6 nitrogen and oxygen atoms in total. The Labute approximate surface area is 177 Å². The molecule has 0 fully saturated rings. The van der Waals surface area contributed by atoms with E-state index in [0.29, 0.717) is 18.5 Å². The van der Waals surface area contributed by atoms with Crippen LogP contribution in [0.1, 0.15) is 25.0 Å². The van der Waals surface area contributed by atoms with Gasteiger partial charge < -0.3 is 9.80 Å². The zero-order valence-electron chi connectivity index (χ0n) is 17.8. The van der Waals surface area contributed by atoms with Crippen LogP contribution in [0.4, 0.5) is 10.1 Å². The van der Waals surface area contributed by atoms with E-state index in [-0.39, 0.29) is 29.9 Å². The van der Waals surface area contributed by atoms with Gasteiger partial charge in [-0.1, -0.05) is 18.2 Å². The first-order valence-electron chi connectivity index (χ1n) is 9.92. The fourth-order valence-electron chi connectivity index (χ4n) is 3.81. The SMILES string of the molecule is CC(=O)N1c2ccc(S(=O)(=O)N(CCN(C)C)Cc3ccccc3F)cc2CC1C. The van der Waals surface area contributed by atoms with E-state index in [2.05, 4.69) is 0 Å². The van der Waals surface area contributed by atoms with E-state index >= 15 is 0 Å². The largest absolute Gasteiger partial charge is 0.309 e. The topological polar surface area (TPSA) is 60.9 Å². The van der Waals surface area contributed by atoms with Gasteiger partial charge in [-0.25, -0.2) is 12.8 Å². The number of likely N-dealkylation sites (N-methyl/N-ethyl adjacent to an activating group) is 1. The van der Waals surface area contributed by atoms with Crippen molar-refractivity contribution in [1.29, 1.82) is 0 Å². The molecule has 0 spiro atoms. The van der Waals surface area contributed by atoms with Gasteiger partial charge in [-0.05, 0) is 57.3 Å². The number of benzene rings is 2. The molecule has 1 unspecified atom stereocenters. The van der Waals surface area contributed by atoms with E-state index in [0.717, 1.165) is 11.3 Å². The minimum Gasteiger partial charge on any atom is -0.309 e. The third-order valence-corrected chi connectivity index (χ3v) is 7.19. The van der Waals surface area contributed by atoms with E-state index in [4.69, 9.17) is 0 Å². The number of amides is 1. The smallest absolute Gasteiger partial charge is 0.243 e. The Morgan fingerprint density at radius 1 is 1.17 bits per heavy atom. The number of nitrogens with zero attached hydrogens (tertiary/aromatic N) is 3. The molecule has 2 aromatic carbocycles. The predicted octanol–water partition coefficient (Wildman–Crippen LogP) is 2.88. The summed E-state index contributed by atoms with van der Waals surface area (Å²) in [5.74, 6) is -0.494. The molecule has 0 bridgehead atoms. The van der Waals surface area contributed by atoms with Crippen molar-refractivity contribution >= 4 is 21.6 Å². The number of carbonyl (C=O) groups excluding carboxylic acids is 1. The molecular formula is C22H28FN3O3S. The Bertz CT molecular complexity index is 1040. The third-order valence-electron chi connectivity index (χ3n) is 5.34. The van der Waals surface area contributed by atoms with Gasteiger partial charge in [-0.3, -0.25) is 4.79 Å². The highest BCUT2D eigenvalue weighted by atomic mass is 32.2. The van der Waals surface area contributed by atoms with Gasteiger partial charge in [0.25, 0.3) is 0 Å². The maximum Gasteiger partial charge on any atom is 0.243 e. The summed E-state index contributed by atoms with van der Waals surface area (Å²) in [5.41, 5.74) is 1.91. The fraction of sp³-hybridized carbons (Fsp3) is 0.409.